The minimum Gasteiger partial charge on any atom is -0.497 e. The van der Waals surface area contributed by atoms with Crippen LogP contribution in [0.2, 0.25) is 0 Å². The first-order valence-corrected chi connectivity index (χ1v) is 7.59. The van der Waals surface area contributed by atoms with Gasteiger partial charge in [-0.25, -0.2) is 0 Å². The topological polar surface area (TPSA) is 30.5 Å². The first kappa shape index (κ1) is 15.2. The maximum absolute atomic E-state index is 5.73. The summed E-state index contributed by atoms with van der Waals surface area (Å²) in [5, 5.41) is 3.62. The molecule has 1 fully saturated rings. The molecular formula is C17H27NO2. The van der Waals surface area contributed by atoms with Crippen LogP contribution in [0.3, 0.4) is 0 Å². The smallest absolute Gasteiger partial charge is 0.119 e. The largest absolute Gasteiger partial charge is 0.497 e. The number of ether oxygens (including phenoxy) is 2. The third kappa shape index (κ3) is 4.71. The van der Waals surface area contributed by atoms with Gasteiger partial charge in [-0.1, -0.05) is 20.3 Å². The van der Waals surface area contributed by atoms with Gasteiger partial charge in [0.1, 0.15) is 18.1 Å². The standard InChI is InChI=1S/C17H27NO2/c1-17(2)10-4-5-14(13-17)18-11-12-20-16-8-6-15(19-3)7-9-16/h6-9,14,18H,4-5,10-13H2,1-3H3. The van der Waals surface area contributed by atoms with Crippen molar-refractivity contribution in [2.45, 2.75) is 45.6 Å². The Hall–Kier alpha value is -1.22. The van der Waals surface area contributed by atoms with E-state index in [0.29, 0.717) is 18.1 Å². The summed E-state index contributed by atoms with van der Waals surface area (Å²) in [4.78, 5) is 0. The summed E-state index contributed by atoms with van der Waals surface area (Å²) in [6.07, 6.45) is 5.26. The predicted octanol–water partition coefficient (Wildman–Crippen LogP) is 3.63. The van der Waals surface area contributed by atoms with E-state index in [4.69, 9.17) is 9.47 Å². The van der Waals surface area contributed by atoms with Crippen LogP contribution in [0.25, 0.3) is 0 Å². The Labute approximate surface area is 122 Å². The fourth-order valence-corrected chi connectivity index (χ4v) is 2.98. The lowest BCUT2D eigenvalue weighted by Gasteiger charge is -2.35. The second-order valence-corrected chi connectivity index (χ2v) is 6.44. The molecule has 1 atom stereocenters. The molecule has 112 valence electrons. The molecule has 0 radical (unpaired) electrons. The van der Waals surface area contributed by atoms with Crippen LogP contribution in [-0.4, -0.2) is 26.3 Å². The molecule has 0 aromatic heterocycles. The fraction of sp³-hybridized carbons (Fsp3) is 0.647. The lowest BCUT2D eigenvalue weighted by atomic mass is 9.75. The van der Waals surface area contributed by atoms with Crippen molar-refractivity contribution in [3.63, 3.8) is 0 Å². The number of nitrogens with one attached hydrogen (secondary N) is 1. The number of hydrogen-bond acceptors (Lipinski definition) is 3. The Morgan fingerprint density at radius 3 is 2.55 bits per heavy atom. The van der Waals surface area contributed by atoms with Gasteiger partial charge in [0.25, 0.3) is 0 Å². The number of hydrogen-bond donors (Lipinski definition) is 1. The molecule has 0 bridgehead atoms. The molecule has 3 heteroatoms. The zero-order valence-electron chi connectivity index (χ0n) is 12.9. The normalized spacial score (nSPS) is 21.4. The zero-order chi connectivity index (χ0) is 14.4. The van der Waals surface area contributed by atoms with Crippen LogP contribution in [0, 0.1) is 5.41 Å². The van der Waals surface area contributed by atoms with E-state index in [2.05, 4.69) is 19.2 Å². The average molecular weight is 277 g/mol. The van der Waals surface area contributed by atoms with Crippen molar-refractivity contribution in [2.24, 2.45) is 5.41 Å². The van der Waals surface area contributed by atoms with E-state index < -0.39 is 0 Å². The Bertz CT molecular complexity index is 400. The van der Waals surface area contributed by atoms with Crippen LogP contribution in [0.4, 0.5) is 0 Å². The van der Waals surface area contributed by atoms with Gasteiger partial charge in [-0.3, -0.25) is 0 Å². The Morgan fingerprint density at radius 2 is 1.90 bits per heavy atom. The van der Waals surface area contributed by atoms with Crippen LogP contribution >= 0.6 is 0 Å². The molecular weight excluding hydrogens is 250 g/mol. The van der Waals surface area contributed by atoms with Crippen molar-refractivity contribution in [2.75, 3.05) is 20.3 Å². The second kappa shape index (κ2) is 6.98. The maximum atomic E-state index is 5.73. The van der Waals surface area contributed by atoms with Gasteiger partial charge in [0, 0.05) is 12.6 Å². The van der Waals surface area contributed by atoms with Gasteiger partial charge in [-0.15, -0.1) is 0 Å². The van der Waals surface area contributed by atoms with Gasteiger partial charge in [0.05, 0.1) is 7.11 Å². The molecule has 20 heavy (non-hydrogen) atoms. The molecule has 1 aromatic rings. The number of methoxy groups -OCH3 is 1. The van der Waals surface area contributed by atoms with Crippen LogP contribution < -0.4 is 14.8 Å². The first-order valence-electron chi connectivity index (χ1n) is 7.59. The minimum atomic E-state index is 0.493. The molecule has 0 spiro atoms. The van der Waals surface area contributed by atoms with Crippen molar-refractivity contribution in [1.29, 1.82) is 0 Å². The highest BCUT2D eigenvalue weighted by atomic mass is 16.5. The third-order valence-corrected chi connectivity index (χ3v) is 4.07. The summed E-state index contributed by atoms with van der Waals surface area (Å²) in [5.74, 6) is 1.76. The second-order valence-electron chi connectivity index (χ2n) is 6.44. The molecule has 0 amide bonds. The highest BCUT2D eigenvalue weighted by molar-refractivity contribution is 5.31. The van der Waals surface area contributed by atoms with Crippen molar-refractivity contribution >= 4 is 0 Å². The predicted molar refractivity (Wildman–Crippen MR) is 82.5 cm³/mol. The van der Waals surface area contributed by atoms with Crippen molar-refractivity contribution in [3.8, 4) is 11.5 Å². The quantitative estimate of drug-likeness (QED) is 0.805. The van der Waals surface area contributed by atoms with Crippen molar-refractivity contribution < 1.29 is 9.47 Å². The van der Waals surface area contributed by atoms with Crippen LogP contribution in [0.15, 0.2) is 24.3 Å². The first-order chi connectivity index (χ1) is 9.59. The zero-order valence-corrected chi connectivity index (χ0v) is 12.9. The van der Waals surface area contributed by atoms with Crippen molar-refractivity contribution in [3.05, 3.63) is 24.3 Å². The van der Waals surface area contributed by atoms with E-state index in [-0.39, 0.29) is 0 Å². The highest BCUT2D eigenvalue weighted by Gasteiger charge is 2.27. The van der Waals surface area contributed by atoms with Crippen molar-refractivity contribution in [1.82, 2.24) is 5.32 Å². The van der Waals surface area contributed by atoms with Gasteiger partial charge < -0.3 is 14.8 Å². The van der Waals surface area contributed by atoms with Gasteiger partial charge >= 0.3 is 0 Å². The van der Waals surface area contributed by atoms with E-state index >= 15 is 0 Å². The van der Waals surface area contributed by atoms with Crippen LogP contribution in [0.1, 0.15) is 39.5 Å². The van der Waals surface area contributed by atoms with Gasteiger partial charge in [-0.05, 0) is 48.9 Å². The summed E-state index contributed by atoms with van der Waals surface area (Å²) in [5.41, 5.74) is 0.493. The summed E-state index contributed by atoms with van der Waals surface area (Å²) in [7, 11) is 1.67. The summed E-state index contributed by atoms with van der Waals surface area (Å²) in [6, 6.07) is 8.39. The lowest BCUT2D eigenvalue weighted by Crippen LogP contribution is -2.39. The monoisotopic (exact) mass is 277 g/mol. The number of rotatable bonds is 6. The molecule has 0 saturated heterocycles. The molecule has 1 N–H and O–H groups in total. The van der Waals surface area contributed by atoms with Gasteiger partial charge in [0.15, 0.2) is 0 Å². The summed E-state index contributed by atoms with van der Waals surface area (Å²) < 4.78 is 10.9. The summed E-state index contributed by atoms with van der Waals surface area (Å²) in [6.45, 7) is 6.36. The molecule has 0 aliphatic heterocycles. The number of benzene rings is 1. The lowest BCUT2D eigenvalue weighted by molar-refractivity contribution is 0.192. The summed E-state index contributed by atoms with van der Waals surface area (Å²) >= 11 is 0. The Morgan fingerprint density at radius 1 is 1.20 bits per heavy atom. The molecule has 1 aromatic carbocycles. The fourth-order valence-electron chi connectivity index (χ4n) is 2.98. The molecule has 1 saturated carbocycles. The third-order valence-electron chi connectivity index (χ3n) is 4.07. The van der Waals surface area contributed by atoms with Crippen LogP contribution in [0.5, 0.6) is 11.5 Å². The van der Waals surface area contributed by atoms with E-state index in [1.807, 2.05) is 24.3 Å². The molecule has 1 aliphatic carbocycles. The molecule has 2 rings (SSSR count). The Kier molecular flexibility index (Phi) is 5.30. The van der Waals surface area contributed by atoms with Gasteiger partial charge in [-0.2, -0.15) is 0 Å². The molecule has 3 nitrogen and oxygen atoms in total. The minimum absolute atomic E-state index is 0.493. The molecule has 1 aliphatic rings. The maximum Gasteiger partial charge on any atom is 0.119 e. The highest BCUT2D eigenvalue weighted by Crippen LogP contribution is 2.34. The van der Waals surface area contributed by atoms with E-state index in [1.54, 1.807) is 7.11 Å². The van der Waals surface area contributed by atoms with Crippen LogP contribution in [-0.2, 0) is 0 Å². The Balaban J connectivity index is 1.65. The van der Waals surface area contributed by atoms with Gasteiger partial charge in [0.2, 0.25) is 0 Å². The molecule has 0 heterocycles. The van der Waals surface area contributed by atoms with E-state index in [0.717, 1.165) is 18.0 Å². The van der Waals surface area contributed by atoms with E-state index in [1.165, 1.54) is 25.7 Å². The SMILES string of the molecule is COc1ccc(OCCNC2CCCC(C)(C)C2)cc1. The van der Waals surface area contributed by atoms with E-state index in [9.17, 15) is 0 Å². The average Bonchev–Trinajstić information content (AvgIpc) is 2.43. The molecule has 1 unspecified atom stereocenters.